The van der Waals surface area contributed by atoms with Gasteiger partial charge in [0, 0.05) is 0 Å². The summed E-state index contributed by atoms with van der Waals surface area (Å²) in [6.45, 7) is 7.75. The van der Waals surface area contributed by atoms with E-state index in [1.807, 2.05) is 20.8 Å². The summed E-state index contributed by atoms with van der Waals surface area (Å²) >= 11 is 2.65. The molecule has 1 fully saturated rings. The Labute approximate surface area is 144 Å². The SMILES string of the molecule is CC(C)CC1CC(C)CC(C(=O)OC(C(F)(F)F)C(F)(F)S)C1C. The van der Waals surface area contributed by atoms with Crippen molar-refractivity contribution in [3.8, 4) is 0 Å². The van der Waals surface area contributed by atoms with Gasteiger partial charge in [-0.05, 0) is 42.9 Å². The van der Waals surface area contributed by atoms with Crippen LogP contribution in [0.4, 0.5) is 22.0 Å². The van der Waals surface area contributed by atoms with Gasteiger partial charge in [-0.1, -0.05) is 27.7 Å². The lowest BCUT2D eigenvalue weighted by Gasteiger charge is -2.39. The Morgan fingerprint density at radius 3 is 2.12 bits per heavy atom. The van der Waals surface area contributed by atoms with Gasteiger partial charge in [0.2, 0.25) is 0 Å². The first-order valence-electron chi connectivity index (χ1n) is 8.10. The van der Waals surface area contributed by atoms with E-state index < -0.39 is 29.4 Å². The van der Waals surface area contributed by atoms with Gasteiger partial charge in [0.05, 0.1) is 5.92 Å². The van der Waals surface area contributed by atoms with E-state index in [1.54, 1.807) is 6.92 Å². The summed E-state index contributed by atoms with van der Waals surface area (Å²) in [6, 6.07) is 0. The molecule has 0 aromatic carbocycles. The molecule has 1 saturated carbocycles. The maximum absolute atomic E-state index is 13.1. The minimum Gasteiger partial charge on any atom is -0.445 e. The predicted molar refractivity (Wildman–Crippen MR) is 83.9 cm³/mol. The molecule has 0 aromatic heterocycles. The lowest BCUT2D eigenvalue weighted by molar-refractivity contribution is -0.259. The van der Waals surface area contributed by atoms with Crippen LogP contribution in [0.15, 0.2) is 0 Å². The molecule has 142 valence electrons. The van der Waals surface area contributed by atoms with Crippen molar-refractivity contribution in [2.75, 3.05) is 0 Å². The van der Waals surface area contributed by atoms with Crippen LogP contribution in [0.2, 0.25) is 0 Å². The smallest absolute Gasteiger partial charge is 0.432 e. The van der Waals surface area contributed by atoms with Crippen molar-refractivity contribution in [2.45, 2.75) is 64.5 Å². The molecule has 8 heteroatoms. The van der Waals surface area contributed by atoms with Crippen molar-refractivity contribution < 1.29 is 31.5 Å². The highest BCUT2D eigenvalue weighted by atomic mass is 32.1. The van der Waals surface area contributed by atoms with Crippen LogP contribution in [0.3, 0.4) is 0 Å². The second-order valence-electron chi connectivity index (χ2n) is 7.38. The highest BCUT2D eigenvalue weighted by Crippen LogP contribution is 2.43. The fourth-order valence-electron chi connectivity index (χ4n) is 3.57. The van der Waals surface area contributed by atoms with Crippen molar-refractivity contribution in [1.82, 2.24) is 0 Å². The Kier molecular flexibility index (Phi) is 6.98. The third-order valence-corrected chi connectivity index (χ3v) is 4.90. The maximum atomic E-state index is 13.1. The molecule has 0 spiro atoms. The maximum Gasteiger partial charge on any atom is 0.432 e. The normalized spacial score (nSPS) is 30.3. The zero-order valence-corrected chi connectivity index (χ0v) is 15.1. The van der Waals surface area contributed by atoms with Gasteiger partial charge < -0.3 is 4.74 Å². The van der Waals surface area contributed by atoms with E-state index >= 15 is 0 Å². The minimum absolute atomic E-state index is 0.128. The van der Waals surface area contributed by atoms with Gasteiger partial charge in [-0.3, -0.25) is 4.79 Å². The Bertz CT molecular complexity index is 417. The van der Waals surface area contributed by atoms with Crippen LogP contribution in [-0.4, -0.2) is 23.5 Å². The van der Waals surface area contributed by atoms with E-state index in [-0.39, 0.29) is 17.8 Å². The molecule has 0 aromatic rings. The van der Waals surface area contributed by atoms with Crippen molar-refractivity contribution in [3.63, 3.8) is 0 Å². The monoisotopic (exact) mass is 376 g/mol. The summed E-state index contributed by atoms with van der Waals surface area (Å²) in [5, 5.41) is -4.48. The summed E-state index contributed by atoms with van der Waals surface area (Å²) in [6.07, 6.45) is -6.86. The highest BCUT2D eigenvalue weighted by molar-refractivity contribution is 7.81. The third-order valence-electron chi connectivity index (χ3n) is 4.66. The fourth-order valence-corrected chi connectivity index (χ4v) is 3.77. The molecular formula is C16H25F5O2S. The van der Waals surface area contributed by atoms with Crippen LogP contribution in [0, 0.1) is 29.6 Å². The summed E-state index contributed by atoms with van der Waals surface area (Å²) in [5.74, 6) is -1.56. The minimum atomic E-state index is -5.37. The van der Waals surface area contributed by atoms with Gasteiger partial charge >= 0.3 is 17.4 Å². The van der Waals surface area contributed by atoms with Gasteiger partial charge in [0.15, 0.2) is 0 Å². The summed E-state index contributed by atoms with van der Waals surface area (Å²) in [7, 11) is 0. The molecule has 0 N–H and O–H groups in total. The molecule has 5 unspecified atom stereocenters. The number of hydrogen-bond donors (Lipinski definition) is 1. The fraction of sp³-hybridized carbons (Fsp3) is 0.938. The zero-order chi connectivity index (χ0) is 18.9. The molecule has 5 atom stereocenters. The Balaban J connectivity index is 2.91. The lowest BCUT2D eigenvalue weighted by atomic mass is 9.67. The molecule has 0 radical (unpaired) electrons. The lowest BCUT2D eigenvalue weighted by Crippen LogP contribution is -2.47. The van der Waals surface area contributed by atoms with Crippen molar-refractivity contribution in [3.05, 3.63) is 0 Å². The van der Waals surface area contributed by atoms with E-state index in [2.05, 4.69) is 17.4 Å². The number of esters is 1. The second-order valence-corrected chi connectivity index (χ2v) is 7.97. The van der Waals surface area contributed by atoms with Crippen molar-refractivity contribution in [2.24, 2.45) is 29.6 Å². The van der Waals surface area contributed by atoms with E-state index in [9.17, 15) is 26.7 Å². The van der Waals surface area contributed by atoms with Gasteiger partial charge in [-0.25, -0.2) is 0 Å². The molecule has 2 nitrogen and oxygen atoms in total. The van der Waals surface area contributed by atoms with Crippen LogP contribution < -0.4 is 0 Å². The van der Waals surface area contributed by atoms with E-state index in [1.165, 1.54) is 0 Å². The van der Waals surface area contributed by atoms with Crippen molar-refractivity contribution in [1.29, 1.82) is 0 Å². The van der Waals surface area contributed by atoms with Crippen LogP contribution in [0.25, 0.3) is 0 Å². The molecule has 0 heterocycles. The zero-order valence-electron chi connectivity index (χ0n) is 14.2. The van der Waals surface area contributed by atoms with Gasteiger partial charge in [-0.2, -0.15) is 22.0 Å². The Hall–Kier alpha value is -0.530. The Morgan fingerprint density at radius 2 is 1.71 bits per heavy atom. The van der Waals surface area contributed by atoms with Crippen molar-refractivity contribution >= 4 is 18.6 Å². The van der Waals surface area contributed by atoms with E-state index in [0.29, 0.717) is 12.3 Å². The molecule has 1 aliphatic rings. The number of hydrogen-bond acceptors (Lipinski definition) is 3. The number of halogens is 5. The molecule has 1 aliphatic carbocycles. The number of rotatable bonds is 5. The summed E-state index contributed by atoms with van der Waals surface area (Å²) < 4.78 is 68.7. The van der Waals surface area contributed by atoms with Gasteiger partial charge in [0.1, 0.15) is 0 Å². The first-order chi connectivity index (χ1) is 10.7. The number of carbonyl (C=O) groups excluding carboxylic acids is 1. The average molecular weight is 376 g/mol. The molecule has 0 amide bonds. The van der Waals surface area contributed by atoms with Crippen LogP contribution in [0.5, 0.6) is 0 Å². The predicted octanol–water partition coefficient (Wildman–Crippen LogP) is 5.33. The first-order valence-corrected chi connectivity index (χ1v) is 8.55. The molecule has 1 rings (SSSR count). The average Bonchev–Trinajstić information content (AvgIpc) is 2.36. The summed E-state index contributed by atoms with van der Waals surface area (Å²) in [5.41, 5.74) is 0. The number of alkyl halides is 5. The number of ether oxygens (including phenoxy) is 1. The van der Waals surface area contributed by atoms with E-state index in [4.69, 9.17) is 0 Å². The summed E-state index contributed by atoms with van der Waals surface area (Å²) in [4.78, 5) is 12.2. The second kappa shape index (κ2) is 7.79. The standard InChI is InChI=1S/C16H25F5O2S/c1-8(2)5-11-6-9(3)7-12(10(11)4)13(22)23-14(15(17,18)19)16(20,21)24/h8-12,14,24H,5-7H2,1-4H3. The number of thiol groups is 1. The van der Waals surface area contributed by atoms with E-state index in [0.717, 1.165) is 12.8 Å². The van der Waals surface area contributed by atoms with Gasteiger partial charge in [-0.15, -0.1) is 12.6 Å². The molecule has 0 aliphatic heterocycles. The highest BCUT2D eigenvalue weighted by Gasteiger charge is 2.57. The molecule has 0 bridgehead atoms. The Morgan fingerprint density at radius 1 is 1.17 bits per heavy atom. The first kappa shape index (κ1) is 21.5. The van der Waals surface area contributed by atoms with Gasteiger partial charge in [0.25, 0.3) is 6.10 Å². The third kappa shape index (κ3) is 5.77. The van der Waals surface area contributed by atoms with Crippen LogP contribution in [0.1, 0.15) is 47.0 Å². The van der Waals surface area contributed by atoms with Crippen LogP contribution >= 0.6 is 12.6 Å². The molecule has 24 heavy (non-hydrogen) atoms. The quantitative estimate of drug-likeness (QED) is 0.399. The molecule has 0 saturated heterocycles. The topological polar surface area (TPSA) is 26.3 Å². The molecular weight excluding hydrogens is 351 g/mol. The van der Waals surface area contributed by atoms with Crippen LogP contribution in [-0.2, 0) is 9.53 Å². The largest absolute Gasteiger partial charge is 0.445 e. The number of carbonyl (C=O) groups is 1.